The van der Waals surface area contributed by atoms with Crippen molar-refractivity contribution in [2.75, 3.05) is 63.8 Å². The van der Waals surface area contributed by atoms with Crippen molar-refractivity contribution in [3.05, 3.63) is 102 Å². The number of hydrogen-bond acceptors (Lipinski definition) is 9. The number of phenols is 1. The van der Waals surface area contributed by atoms with E-state index < -0.39 is 12.2 Å². The highest BCUT2D eigenvalue weighted by Crippen LogP contribution is 2.31. The molecule has 1 N–H and O–H groups in total. The molecule has 0 saturated carbocycles. The van der Waals surface area contributed by atoms with Crippen LogP contribution in [0.5, 0.6) is 5.75 Å². The quantitative estimate of drug-likeness (QED) is 0.283. The predicted molar refractivity (Wildman–Crippen MR) is 204 cm³/mol. The molecule has 12 heteroatoms. The maximum atomic E-state index is 14.5. The van der Waals surface area contributed by atoms with Crippen molar-refractivity contribution < 1.29 is 19.5 Å². The third-order valence-electron chi connectivity index (χ3n) is 11.3. The molecule has 7 rings (SSSR count). The Morgan fingerprint density at radius 3 is 2.43 bits per heavy atom. The number of phenolic OH excluding ortho intramolecular Hbond substituents is 1. The highest BCUT2D eigenvalue weighted by molar-refractivity contribution is 5.92. The third-order valence-corrected chi connectivity index (χ3v) is 11.3. The molecule has 3 aromatic rings. The number of aryl methyl sites for hydroxylation is 1. The molecule has 0 spiro atoms. The van der Waals surface area contributed by atoms with Gasteiger partial charge in [-0.3, -0.25) is 24.2 Å². The molecular formula is C41H52N8O4. The number of hydrazine groups is 1. The summed E-state index contributed by atoms with van der Waals surface area (Å²) in [6, 6.07) is 22.8. The number of fused-ring (bicyclic) bond motifs is 1. The van der Waals surface area contributed by atoms with Crippen LogP contribution in [0.1, 0.15) is 37.1 Å². The van der Waals surface area contributed by atoms with Gasteiger partial charge in [0.25, 0.3) is 0 Å². The van der Waals surface area contributed by atoms with Gasteiger partial charge in [-0.25, -0.2) is 15.0 Å². The van der Waals surface area contributed by atoms with E-state index in [0.29, 0.717) is 25.0 Å². The molecule has 53 heavy (non-hydrogen) atoms. The molecule has 4 saturated heterocycles. The fraction of sp³-hybridized carbons (Fsp3) is 0.463. The number of nitrogens with zero attached hydrogens (tertiary/aromatic N) is 8. The summed E-state index contributed by atoms with van der Waals surface area (Å²) in [6.07, 6.45) is 2.05. The third kappa shape index (κ3) is 7.95. The average molecular weight is 721 g/mol. The first-order valence-corrected chi connectivity index (χ1v) is 19.0. The maximum absolute atomic E-state index is 14.5. The second kappa shape index (κ2) is 16.1. The highest BCUT2D eigenvalue weighted by atomic mass is 16.3. The average Bonchev–Trinajstić information content (AvgIpc) is 3.13. The Morgan fingerprint density at radius 2 is 1.72 bits per heavy atom. The molecule has 5 heterocycles. The van der Waals surface area contributed by atoms with Crippen LogP contribution in [0.4, 0.5) is 5.82 Å². The molecule has 0 aliphatic carbocycles. The first-order chi connectivity index (χ1) is 25.7. The second-order valence-corrected chi connectivity index (χ2v) is 14.8. The van der Waals surface area contributed by atoms with Crippen LogP contribution >= 0.6 is 0 Å². The first-order valence-electron chi connectivity index (χ1n) is 19.0. The van der Waals surface area contributed by atoms with Crippen molar-refractivity contribution in [2.24, 2.45) is 0 Å². The van der Waals surface area contributed by atoms with E-state index in [4.69, 9.17) is 4.98 Å². The van der Waals surface area contributed by atoms with Crippen molar-refractivity contribution in [1.29, 1.82) is 0 Å². The summed E-state index contributed by atoms with van der Waals surface area (Å²) in [6.45, 7) is 15.3. The van der Waals surface area contributed by atoms with Gasteiger partial charge in [0.1, 0.15) is 23.8 Å². The molecule has 3 amide bonds. The molecule has 4 fully saturated rings. The van der Waals surface area contributed by atoms with E-state index in [1.807, 2.05) is 48.5 Å². The zero-order valence-electron chi connectivity index (χ0n) is 31.0. The summed E-state index contributed by atoms with van der Waals surface area (Å²) < 4.78 is 0. The lowest BCUT2D eigenvalue weighted by molar-refractivity contribution is -0.205. The molecule has 4 aliphatic rings. The number of piperazine rings is 2. The number of aromatic hydroxyl groups is 1. The van der Waals surface area contributed by atoms with E-state index in [9.17, 15) is 19.5 Å². The summed E-state index contributed by atoms with van der Waals surface area (Å²) >= 11 is 0. The molecule has 0 bridgehead atoms. The topological polar surface area (TPSA) is 107 Å². The number of benzene rings is 2. The van der Waals surface area contributed by atoms with Gasteiger partial charge in [-0.05, 0) is 55.3 Å². The van der Waals surface area contributed by atoms with Gasteiger partial charge in [-0.2, -0.15) is 0 Å². The number of amides is 3. The molecular weight excluding hydrogens is 669 g/mol. The second-order valence-electron chi connectivity index (χ2n) is 14.8. The molecule has 1 unspecified atom stereocenters. The summed E-state index contributed by atoms with van der Waals surface area (Å²) in [4.78, 5) is 58.5. The number of hydrogen-bond donors (Lipinski definition) is 1. The van der Waals surface area contributed by atoms with Crippen molar-refractivity contribution >= 4 is 23.5 Å². The molecule has 12 nitrogen and oxygen atoms in total. The van der Waals surface area contributed by atoms with E-state index in [2.05, 4.69) is 35.1 Å². The standard InChI is InChI=1S/C41H52N8O4/c1-4-20-47-29-40(52)48-36(23-32-14-17-35(50)18-15-32)41(53)46(28-38(48)49(47)39(51)19-16-31-10-7-6-8-11-31)25-33-12-9-13-37(42-33)45-26-34(27-45)44-22-21-43(5-2)30(3)24-44/h4,6-15,17-18,30,34,36,38,50H,1,5,16,19-29H2,2-3H3/t30-,36+,38?/m1/s1. The lowest BCUT2D eigenvalue weighted by Gasteiger charge is -2.55. The van der Waals surface area contributed by atoms with Gasteiger partial charge in [0, 0.05) is 64.2 Å². The van der Waals surface area contributed by atoms with Crippen LogP contribution in [0.25, 0.3) is 0 Å². The van der Waals surface area contributed by atoms with E-state index in [1.165, 1.54) is 0 Å². The summed E-state index contributed by atoms with van der Waals surface area (Å²) in [5, 5.41) is 13.4. The molecule has 280 valence electrons. The van der Waals surface area contributed by atoms with Gasteiger partial charge in [0.2, 0.25) is 17.7 Å². The fourth-order valence-electron chi connectivity index (χ4n) is 8.39. The molecule has 4 aliphatic heterocycles. The van der Waals surface area contributed by atoms with Crippen molar-refractivity contribution in [1.82, 2.24) is 34.6 Å². The number of pyridine rings is 1. The monoisotopic (exact) mass is 720 g/mol. The number of likely N-dealkylation sites (N-methyl/N-ethyl adjacent to an activating group) is 1. The Labute approximate surface area is 312 Å². The SMILES string of the molecule is C=CCN1CC(=O)N2C(CN(Cc3cccc(N4CC(N5CCN(CC)[C@H](C)C5)C4)n3)C(=O)[C@@H]2Cc2ccc(O)cc2)N1C(=O)CCc1ccccc1. The first kappa shape index (κ1) is 36.6. The van der Waals surface area contributed by atoms with Crippen LogP contribution in [-0.4, -0.2) is 141 Å². The minimum atomic E-state index is -0.837. The van der Waals surface area contributed by atoms with Gasteiger partial charge in [-0.1, -0.05) is 61.5 Å². The van der Waals surface area contributed by atoms with Crippen molar-refractivity contribution in [3.8, 4) is 5.75 Å². The Balaban J connectivity index is 1.12. The van der Waals surface area contributed by atoms with Gasteiger partial charge in [-0.15, -0.1) is 6.58 Å². The van der Waals surface area contributed by atoms with E-state index >= 15 is 0 Å². The number of carbonyl (C=O) groups excluding carboxylic acids is 3. The summed E-state index contributed by atoms with van der Waals surface area (Å²) in [5.41, 5.74) is 2.62. The van der Waals surface area contributed by atoms with Crippen molar-refractivity contribution in [3.63, 3.8) is 0 Å². The van der Waals surface area contributed by atoms with Crippen LogP contribution in [0.2, 0.25) is 0 Å². The number of aromatic nitrogens is 1. The van der Waals surface area contributed by atoms with Crippen LogP contribution in [0, 0.1) is 0 Å². The summed E-state index contributed by atoms with van der Waals surface area (Å²) in [5.74, 6) is 0.509. The van der Waals surface area contributed by atoms with Gasteiger partial charge in [0.15, 0.2) is 0 Å². The number of carbonyl (C=O) groups is 3. The lowest BCUT2D eigenvalue weighted by Crippen LogP contribution is -2.75. The fourth-order valence-corrected chi connectivity index (χ4v) is 8.39. The van der Waals surface area contributed by atoms with Gasteiger partial charge >= 0.3 is 0 Å². The summed E-state index contributed by atoms with van der Waals surface area (Å²) in [7, 11) is 0. The van der Waals surface area contributed by atoms with Crippen molar-refractivity contribution in [2.45, 2.75) is 63.9 Å². The van der Waals surface area contributed by atoms with E-state index in [1.54, 1.807) is 50.2 Å². The number of anilines is 1. The van der Waals surface area contributed by atoms with E-state index in [0.717, 1.165) is 61.9 Å². The molecule has 2 aromatic carbocycles. The minimum absolute atomic E-state index is 0.0351. The highest BCUT2D eigenvalue weighted by Gasteiger charge is 2.51. The zero-order chi connectivity index (χ0) is 37.1. The molecule has 1 aromatic heterocycles. The smallest absolute Gasteiger partial charge is 0.246 e. The Hall–Kier alpha value is -4.78. The Bertz CT molecular complexity index is 1770. The molecule has 3 atom stereocenters. The minimum Gasteiger partial charge on any atom is -0.508 e. The lowest BCUT2D eigenvalue weighted by atomic mass is 9.98. The number of rotatable bonds is 12. The Kier molecular flexibility index (Phi) is 11.1. The largest absolute Gasteiger partial charge is 0.508 e. The maximum Gasteiger partial charge on any atom is 0.246 e. The van der Waals surface area contributed by atoms with Crippen LogP contribution in [0.3, 0.4) is 0 Å². The normalized spacial score (nSPS) is 23.2. The van der Waals surface area contributed by atoms with Gasteiger partial charge < -0.3 is 19.8 Å². The zero-order valence-corrected chi connectivity index (χ0v) is 31.0. The predicted octanol–water partition coefficient (Wildman–Crippen LogP) is 2.99. The Morgan fingerprint density at radius 1 is 0.943 bits per heavy atom. The molecule has 0 radical (unpaired) electrons. The van der Waals surface area contributed by atoms with Crippen LogP contribution in [0.15, 0.2) is 85.5 Å². The van der Waals surface area contributed by atoms with Crippen LogP contribution in [-0.2, 0) is 33.8 Å². The van der Waals surface area contributed by atoms with E-state index in [-0.39, 0.29) is 55.9 Å². The van der Waals surface area contributed by atoms with Crippen LogP contribution < -0.4 is 4.90 Å². The van der Waals surface area contributed by atoms with Gasteiger partial charge in [0.05, 0.1) is 25.3 Å².